The number of fused-ring (bicyclic) bond motifs is 1. The number of piperidine rings is 1. The molecule has 1 aromatic carbocycles. The van der Waals surface area contributed by atoms with E-state index in [-0.39, 0.29) is 55.2 Å². The Balaban J connectivity index is 0.00000160. The molecule has 1 aliphatic heterocycles. The minimum absolute atomic E-state index is 0. The number of Topliss-reactive ketones (excluding diaryl/α,β-unsaturated/α-hetero) is 1. The van der Waals surface area contributed by atoms with Gasteiger partial charge in [0.25, 0.3) is 5.56 Å². The van der Waals surface area contributed by atoms with Crippen LogP contribution < -0.4 is 10.9 Å². The molecule has 1 fully saturated rings. The Morgan fingerprint density at radius 3 is 2.80 bits per heavy atom. The summed E-state index contributed by atoms with van der Waals surface area (Å²) in [6.07, 6.45) is 6.05. The molecule has 3 aromatic rings. The normalized spacial score (nSPS) is 18.3. The van der Waals surface area contributed by atoms with Gasteiger partial charge in [-0.1, -0.05) is 18.2 Å². The van der Waals surface area contributed by atoms with Crippen LogP contribution in [0.1, 0.15) is 19.3 Å². The molecule has 1 aliphatic rings. The lowest BCUT2D eigenvalue weighted by molar-refractivity contribution is -0.121. The first kappa shape index (κ1) is 24.0. The number of ketones is 1. The Morgan fingerprint density at radius 2 is 2.07 bits per heavy atom. The maximum Gasteiger partial charge on any atom is 0.262 e. The summed E-state index contributed by atoms with van der Waals surface area (Å²) in [5.74, 6) is -0.111. The van der Waals surface area contributed by atoms with Crippen molar-refractivity contribution in [3.05, 3.63) is 59.4 Å². The highest BCUT2D eigenvalue weighted by molar-refractivity contribution is 5.93. The molecule has 7 nitrogen and oxygen atoms in total. The predicted octanol–water partition coefficient (Wildman–Crippen LogP) is 2.37. The third kappa shape index (κ3) is 5.05. The Morgan fingerprint density at radius 1 is 1.23 bits per heavy atom. The number of hydrogen-bond acceptors (Lipinski definition) is 6. The molecule has 0 bridgehead atoms. The van der Waals surface area contributed by atoms with Crippen molar-refractivity contribution in [1.82, 2.24) is 19.9 Å². The van der Waals surface area contributed by atoms with E-state index in [1.54, 1.807) is 18.5 Å². The third-order valence-electron chi connectivity index (χ3n) is 5.17. The Labute approximate surface area is 186 Å². The van der Waals surface area contributed by atoms with Gasteiger partial charge < -0.3 is 10.4 Å². The quantitative estimate of drug-likeness (QED) is 0.619. The minimum atomic E-state index is -0.527. The van der Waals surface area contributed by atoms with Gasteiger partial charge in [-0.25, -0.2) is 4.98 Å². The van der Waals surface area contributed by atoms with Crippen molar-refractivity contribution < 1.29 is 9.90 Å². The van der Waals surface area contributed by atoms with Gasteiger partial charge in [-0.05, 0) is 37.1 Å². The van der Waals surface area contributed by atoms with E-state index in [0.29, 0.717) is 17.3 Å². The van der Waals surface area contributed by atoms with Gasteiger partial charge in [-0.15, -0.1) is 24.8 Å². The molecule has 2 aromatic heterocycles. The molecule has 0 spiro atoms. The van der Waals surface area contributed by atoms with Gasteiger partial charge in [-0.3, -0.25) is 19.1 Å². The van der Waals surface area contributed by atoms with Crippen LogP contribution in [0.4, 0.5) is 0 Å². The lowest BCUT2D eigenvalue weighted by atomic mass is 9.97. The molecule has 0 saturated carbocycles. The molecule has 0 aliphatic carbocycles. The topological polar surface area (TPSA) is 97.1 Å². The molecule has 1 saturated heterocycles. The highest BCUT2D eigenvalue weighted by atomic mass is 35.5. The Hall–Kier alpha value is -2.32. The number of carbonyl (C=O) groups excluding carboxylic acids is 1. The summed E-state index contributed by atoms with van der Waals surface area (Å²) >= 11 is 0. The molecule has 160 valence electrons. The second-order valence-electron chi connectivity index (χ2n) is 7.13. The van der Waals surface area contributed by atoms with E-state index in [2.05, 4.69) is 15.3 Å². The van der Waals surface area contributed by atoms with E-state index in [4.69, 9.17) is 0 Å². The Bertz CT molecular complexity index is 1060. The summed E-state index contributed by atoms with van der Waals surface area (Å²) in [6.45, 7) is 0.731. The number of benzene rings is 1. The molecule has 9 heteroatoms. The van der Waals surface area contributed by atoms with Crippen LogP contribution >= 0.6 is 24.8 Å². The van der Waals surface area contributed by atoms with Crippen molar-refractivity contribution in [2.24, 2.45) is 0 Å². The van der Waals surface area contributed by atoms with E-state index in [1.165, 1.54) is 10.9 Å². The fourth-order valence-electron chi connectivity index (χ4n) is 3.72. The van der Waals surface area contributed by atoms with E-state index in [9.17, 15) is 14.7 Å². The van der Waals surface area contributed by atoms with Gasteiger partial charge in [0.05, 0.1) is 29.9 Å². The first-order valence-corrected chi connectivity index (χ1v) is 9.45. The number of nitrogens with zero attached hydrogens (tertiary/aromatic N) is 3. The summed E-state index contributed by atoms with van der Waals surface area (Å²) in [6, 6.07) is 8.94. The lowest BCUT2D eigenvalue weighted by Crippen LogP contribution is -2.46. The van der Waals surface area contributed by atoms with Crippen molar-refractivity contribution in [2.45, 2.75) is 38.0 Å². The van der Waals surface area contributed by atoms with Crippen LogP contribution in [0, 0.1) is 0 Å². The van der Waals surface area contributed by atoms with Gasteiger partial charge in [-0.2, -0.15) is 0 Å². The van der Waals surface area contributed by atoms with Gasteiger partial charge in [0.15, 0.2) is 5.78 Å². The average Bonchev–Trinajstić information content (AvgIpc) is 2.72. The summed E-state index contributed by atoms with van der Waals surface area (Å²) in [5, 5.41) is 13.7. The van der Waals surface area contributed by atoms with Crippen molar-refractivity contribution >= 4 is 41.5 Å². The Kier molecular flexibility index (Phi) is 8.49. The lowest BCUT2D eigenvalue weighted by Gasteiger charge is -2.28. The number of carbonyl (C=O) groups is 1. The molecule has 2 N–H and O–H groups in total. The molecule has 0 radical (unpaired) electrons. The minimum Gasteiger partial charge on any atom is -0.391 e. The van der Waals surface area contributed by atoms with Crippen molar-refractivity contribution in [1.29, 1.82) is 0 Å². The van der Waals surface area contributed by atoms with Crippen LogP contribution in [-0.4, -0.2) is 44.1 Å². The van der Waals surface area contributed by atoms with Crippen molar-refractivity contribution in [2.75, 3.05) is 6.54 Å². The number of rotatable bonds is 5. The second-order valence-corrected chi connectivity index (χ2v) is 7.13. The van der Waals surface area contributed by atoms with Crippen molar-refractivity contribution in [3.8, 4) is 11.1 Å². The van der Waals surface area contributed by atoms with Gasteiger partial charge in [0.2, 0.25) is 0 Å². The van der Waals surface area contributed by atoms with Crippen LogP contribution in [0.3, 0.4) is 0 Å². The predicted molar refractivity (Wildman–Crippen MR) is 120 cm³/mol. The van der Waals surface area contributed by atoms with E-state index >= 15 is 0 Å². The summed E-state index contributed by atoms with van der Waals surface area (Å²) < 4.78 is 1.35. The molecular formula is C21H24Cl2N4O3. The SMILES string of the molecule is Cl.Cl.O=C(C[C@H]1NCCC[C@@H]1O)Cn1cnc2cccc(-c3cccnc3)c2c1=O. The van der Waals surface area contributed by atoms with E-state index in [0.717, 1.165) is 24.1 Å². The van der Waals surface area contributed by atoms with Crippen LogP contribution in [-0.2, 0) is 11.3 Å². The zero-order chi connectivity index (χ0) is 19.5. The van der Waals surface area contributed by atoms with E-state index in [1.807, 2.05) is 24.3 Å². The third-order valence-corrected chi connectivity index (χ3v) is 5.17. The van der Waals surface area contributed by atoms with Crippen LogP contribution in [0.5, 0.6) is 0 Å². The average molecular weight is 451 g/mol. The second kappa shape index (κ2) is 10.6. The first-order chi connectivity index (χ1) is 13.6. The van der Waals surface area contributed by atoms with E-state index < -0.39 is 6.10 Å². The van der Waals surface area contributed by atoms with Gasteiger partial charge >= 0.3 is 0 Å². The van der Waals surface area contributed by atoms with Crippen LogP contribution in [0.2, 0.25) is 0 Å². The molecule has 30 heavy (non-hydrogen) atoms. The number of aliphatic hydroxyl groups excluding tert-OH is 1. The number of halogens is 2. The number of hydrogen-bond donors (Lipinski definition) is 2. The smallest absolute Gasteiger partial charge is 0.262 e. The summed E-state index contributed by atoms with van der Waals surface area (Å²) in [5.41, 5.74) is 1.90. The van der Waals surface area contributed by atoms with Gasteiger partial charge in [0.1, 0.15) is 0 Å². The van der Waals surface area contributed by atoms with Gasteiger partial charge in [0, 0.05) is 30.4 Å². The zero-order valence-electron chi connectivity index (χ0n) is 16.2. The molecule has 3 heterocycles. The molecule has 0 unspecified atom stereocenters. The molecule has 4 rings (SSSR count). The van der Waals surface area contributed by atoms with Crippen LogP contribution in [0.15, 0.2) is 53.8 Å². The zero-order valence-corrected chi connectivity index (χ0v) is 17.9. The maximum atomic E-state index is 13.1. The highest BCUT2D eigenvalue weighted by Crippen LogP contribution is 2.24. The summed E-state index contributed by atoms with van der Waals surface area (Å²) in [4.78, 5) is 34.1. The van der Waals surface area contributed by atoms with Crippen molar-refractivity contribution in [3.63, 3.8) is 0 Å². The highest BCUT2D eigenvalue weighted by Gasteiger charge is 2.25. The number of nitrogens with one attached hydrogen (secondary N) is 1. The summed E-state index contributed by atoms with van der Waals surface area (Å²) in [7, 11) is 0. The fraction of sp³-hybridized carbons (Fsp3) is 0.333. The monoisotopic (exact) mass is 450 g/mol. The van der Waals surface area contributed by atoms with Crippen LogP contribution in [0.25, 0.3) is 22.0 Å². The number of aromatic nitrogens is 3. The standard InChI is InChI=1S/C21H22N4O3.2ClH/c26-15(10-18-19(27)7-3-9-23-18)12-25-13-24-17-6-1-5-16(20(17)21(25)28)14-4-2-8-22-11-14;;/h1-2,4-6,8,11,13,18-19,23,27H,3,7,9-10,12H2;2*1H/t18-,19+;;/m1../s1. The molecule has 2 atom stereocenters. The number of aliphatic hydroxyl groups is 1. The largest absolute Gasteiger partial charge is 0.391 e. The maximum absolute atomic E-state index is 13.1. The number of pyridine rings is 1. The molecule has 0 amide bonds. The fourth-order valence-corrected chi connectivity index (χ4v) is 3.72. The molecular weight excluding hydrogens is 427 g/mol. The first-order valence-electron chi connectivity index (χ1n) is 9.45.